The van der Waals surface area contributed by atoms with E-state index in [1.54, 1.807) is 11.3 Å². The highest BCUT2D eigenvalue weighted by molar-refractivity contribution is 7.89. The number of hydrogen-bond donors (Lipinski definition) is 0. The van der Waals surface area contributed by atoms with Crippen molar-refractivity contribution >= 4 is 21.4 Å². The average Bonchev–Trinajstić information content (AvgIpc) is 3.34. The molecule has 0 spiro atoms. The minimum absolute atomic E-state index is 0.0273. The molecule has 4 rings (SSSR count). The lowest BCUT2D eigenvalue weighted by Crippen LogP contribution is -2.42. The van der Waals surface area contributed by atoms with Crippen molar-refractivity contribution in [1.82, 2.24) is 14.4 Å². The smallest absolute Gasteiger partial charge is 0.257 e. The SMILES string of the molecule is O=S(=O)(c1cccc(F)c1)N1CCOC(c2nc(Cc3cccs3)no2)C1. The number of aromatic nitrogens is 2. The Kier molecular flexibility index (Phi) is 5.04. The van der Waals surface area contributed by atoms with Gasteiger partial charge in [-0.1, -0.05) is 17.3 Å². The maximum Gasteiger partial charge on any atom is 0.257 e. The molecule has 1 atom stereocenters. The minimum Gasteiger partial charge on any atom is -0.366 e. The number of ether oxygens (including phenoxy) is 1. The molecular weight excluding hydrogens is 393 g/mol. The van der Waals surface area contributed by atoms with Gasteiger partial charge in [-0.3, -0.25) is 0 Å². The van der Waals surface area contributed by atoms with Crippen LogP contribution in [0, 0.1) is 5.82 Å². The molecule has 0 N–H and O–H groups in total. The molecule has 1 unspecified atom stereocenters. The molecule has 1 aliphatic rings. The van der Waals surface area contributed by atoms with E-state index in [9.17, 15) is 12.8 Å². The van der Waals surface area contributed by atoms with Gasteiger partial charge >= 0.3 is 0 Å². The molecule has 3 heterocycles. The lowest BCUT2D eigenvalue weighted by Gasteiger charge is -2.30. The largest absolute Gasteiger partial charge is 0.366 e. The summed E-state index contributed by atoms with van der Waals surface area (Å²) in [6.45, 7) is 0.382. The number of hydrogen-bond acceptors (Lipinski definition) is 7. The quantitative estimate of drug-likeness (QED) is 0.644. The van der Waals surface area contributed by atoms with Crippen LogP contribution >= 0.6 is 11.3 Å². The van der Waals surface area contributed by atoms with Crippen LogP contribution < -0.4 is 0 Å². The number of nitrogens with zero attached hydrogens (tertiary/aromatic N) is 3. The molecule has 2 aromatic heterocycles. The molecule has 1 saturated heterocycles. The first-order chi connectivity index (χ1) is 13.0. The fourth-order valence-corrected chi connectivity index (χ4v) is 4.97. The molecule has 0 amide bonds. The molecular formula is C17H16FN3O4S2. The highest BCUT2D eigenvalue weighted by Crippen LogP contribution is 2.26. The van der Waals surface area contributed by atoms with E-state index in [2.05, 4.69) is 10.1 Å². The number of morpholine rings is 1. The van der Waals surface area contributed by atoms with Crippen molar-refractivity contribution in [2.75, 3.05) is 19.7 Å². The predicted octanol–water partition coefficient (Wildman–Crippen LogP) is 2.62. The van der Waals surface area contributed by atoms with Gasteiger partial charge in [0.2, 0.25) is 10.0 Å². The molecule has 27 heavy (non-hydrogen) atoms. The van der Waals surface area contributed by atoms with Gasteiger partial charge in [0, 0.05) is 24.4 Å². The Morgan fingerprint density at radius 1 is 1.30 bits per heavy atom. The van der Waals surface area contributed by atoms with E-state index in [-0.39, 0.29) is 30.5 Å². The van der Waals surface area contributed by atoms with E-state index in [4.69, 9.17) is 9.26 Å². The fraction of sp³-hybridized carbons (Fsp3) is 0.294. The second-order valence-corrected chi connectivity index (χ2v) is 8.96. The average molecular weight is 409 g/mol. The molecule has 1 aliphatic heterocycles. The van der Waals surface area contributed by atoms with Gasteiger partial charge < -0.3 is 9.26 Å². The summed E-state index contributed by atoms with van der Waals surface area (Å²) in [7, 11) is -3.83. The van der Waals surface area contributed by atoms with Crippen molar-refractivity contribution in [2.45, 2.75) is 17.4 Å². The first kappa shape index (κ1) is 18.2. The maximum absolute atomic E-state index is 13.4. The van der Waals surface area contributed by atoms with Crippen molar-refractivity contribution in [2.24, 2.45) is 0 Å². The van der Waals surface area contributed by atoms with Crippen LogP contribution in [-0.2, 0) is 21.2 Å². The standard InChI is InChI=1S/C17H16FN3O4S2/c18-12-3-1-5-14(9-12)27(22,23)21-6-7-24-15(11-21)17-19-16(20-25-17)10-13-4-2-8-26-13/h1-5,8-9,15H,6-7,10-11H2. The Balaban J connectivity index is 1.50. The van der Waals surface area contributed by atoms with E-state index in [0.29, 0.717) is 12.2 Å². The van der Waals surface area contributed by atoms with Crippen molar-refractivity contribution in [1.29, 1.82) is 0 Å². The van der Waals surface area contributed by atoms with Crippen LogP contribution in [0.25, 0.3) is 0 Å². The molecule has 7 nitrogen and oxygen atoms in total. The Morgan fingerprint density at radius 3 is 2.96 bits per heavy atom. The summed E-state index contributed by atoms with van der Waals surface area (Å²) >= 11 is 1.59. The van der Waals surface area contributed by atoms with Crippen LogP contribution in [0.4, 0.5) is 4.39 Å². The number of sulfonamides is 1. The zero-order chi connectivity index (χ0) is 18.9. The second kappa shape index (κ2) is 7.47. The second-order valence-electron chi connectivity index (χ2n) is 5.98. The molecule has 1 aromatic carbocycles. The van der Waals surface area contributed by atoms with Crippen molar-refractivity contribution in [3.05, 3.63) is 64.2 Å². The summed E-state index contributed by atoms with van der Waals surface area (Å²) in [6.07, 6.45) is -0.120. The summed E-state index contributed by atoms with van der Waals surface area (Å²) in [5, 5.41) is 5.91. The number of thiophene rings is 1. The molecule has 10 heteroatoms. The van der Waals surface area contributed by atoms with Gasteiger partial charge in [-0.05, 0) is 29.6 Å². The van der Waals surface area contributed by atoms with Crippen LogP contribution in [0.5, 0.6) is 0 Å². The summed E-state index contributed by atoms with van der Waals surface area (Å²) < 4.78 is 51.1. The third kappa shape index (κ3) is 3.93. The van der Waals surface area contributed by atoms with E-state index in [1.165, 1.54) is 22.5 Å². The van der Waals surface area contributed by atoms with Crippen LogP contribution in [0.2, 0.25) is 0 Å². The topological polar surface area (TPSA) is 85.5 Å². The number of halogens is 1. The van der Waals surface area contributed by atoms with Crippen molar-refractivity contribution in [3.63, 3.8) is 0 Å². The van der Waals surface area contributed by atoms with E-state index >= 15 is 0 Å². The Morgan fingerprint density at radius 2 is 2.19 bits per heavy atom. The summed E-state index contributed by atoms with van der Waals surface area (Å²) in [6, 6.07) is 8.87. The summed E-state index contributed by atoms with van der Waals surface area (Å²) in [4.78, 5) is 5.34. The van der Waals surface area contributed by atoms with Crippen molar-refractivity contribution in [3.8, 4) is 0 Å². The van der Waals surface area contributed by atoms with Gasteiger partial charge in [-0.25, -0.2) is 12.8 Å². The normalized spacial score (nSPS) is 18.6. The molecule has 0 aliphatic carbocycles. The minimum atomic E-state index is -3.83. The summed E-state index contributed by atoms with van der Waals surface area (Å²) in [5.41, 5.74) is 0. The number of benzene rings is 1. The summed E-state index contributed by atoms with van der Waals surface area (Å²) in [5.74, 6) is 0.151. The van der Waals surface area contributed by atoms with Crippen LogP contribution in [0.3, 0.4) is 0 Å². The first-order valence-corrected chi connectivity index (χ1v) is 10.6. The van der Waals surface area contributed by atoms with Crippen LogP contribution in [-0.4, -0.2) is 42.6 Å². The first-order valence-electron chi connectivity index (χ1n) is 8.24. The lowest BCUT2D eigenvalue weighted by molar-refractivity contribution is -0.0199. The third-order valence-electron chi connectivity index (χ3n) is 4.13. The Bertz CT molecular complexity index is 1020. The van der Waals surface area contributed by atoms with E-state index in [1.807, 2.05) is 17.5 Å². The number of rotatable bonds is 5. The zero-order valence-electron chi connectivity index (χ0n) is 14.1. The van der Waals surface area contributed by atoms with Gasteiger partial charge in [-0.15, -0.1) is 11.3 Å². The zero-order valence-corrected chi connectivity index (χ0v) is 15.7. The van der Waals surface area contributed by atoms with Crippen LogP contribution in [0.1, 0.15) is 22.7 Å². The molecule has 0 radical (unpaired) electrons. The van der Waals surface area contributed by atoms with E-state index < -0.39 is 21.9 Å². The van der Waals surface area contributed by atoms with Crippen LogP contribution in [0.15, 0.2) is 51.2 Å². The van der Waals surface area contributed by atoms with Crippen molar-refractivity contribution < 1.29 is 22.1 Å². The molecule has 0 bridgehead atoms. The van der Waals surface area contributed by atoms with E-state index in [0.717, 1.165) is 10.9 Å². The van der Waals surface area contributed by atoms with Gasteiger partial charge in [0.05, 0.1) is 11.5 Å². The van der Waals surface area contributed by atoms with Gasteiger partial charge in [0.15, 0.2) is 11.9 Å². The molecule has 3 aromatic rings. The highest BCUT2D eigenvalue weighted by atomic mass is 32.2. The van der Waals surface area contributed by atoms with Gasteiger partial charge in [-0.2, -0.15) is 9.29 Å². The monoisotopic (exact) mass is 409 g/mol. The Labute approximate surface area is 159 Å². The lowest BCUT2D eigenvalue weighted by atomic mass is 10.3. The third-order valence-corrected chi connectivity index (χ3v) is 6.87. The fourth-order valence-electron chi connectivity index (χ4n) is 2.81. The maximum atomic E-state index is 13.4. The van der Waals surface area contributed by atoms with Gasteiger partial charge in [0.25, 0.3) is 5.89 Å². The Hall–Kier alpha value is -2.14. The molecule has 1 fully saturated rings. The predicted molar refractivity (Wildman–Crippen MR) is 95.3 cm³/mol. The molecule has 142 valence electrons. The highest BCUT2D eigenvalue weighted by Gasteiger charge is 2.34. The molecule has 0 saturated carbocycles. The van der Waals surface area contributed by atoms with Gasteiger partial charge in [0.1, 0.15) is 5.82 Å².